The highest BCUT2D eigenvalue weighted by molar-refractivity contribution is 5.88. The molecule has 48 valence electrons. The average molecular weight is 123 g/mol. The summed E-state index contributed by atoms with van der Waals surface area (Å²) in [4.78, 5) is 10.6. The molecule has 0 aliphatic carbocycles. The Hall–Kier alpha value is -1.05. The minimum atomic E-state index is -0.0394. The van der Waals surface area contributed by atoms with Crippen molar-refractivity contribution in [1.29, 1.82) is 0 Å². The first kappa shape index (κ1) is 6.08. The zero-order valence-corrected chi connectivity index (χ0v) is 5.13. The van der Waals surface area contributed by atoms with Gasteiger partial charge in [-0.25, -0.2) is 0 Å². The highest BCUT2D eigenvalue weighted by Crippen LogP contribution is 2.15. The molecule has 0 spiro atoms. The second kappa shape index (κ2) is 2.05. The molecule has 2 atom stereocenters. The molecule has 1 heterocycles. The van der Waals surface area contributed by atoms with Gasteiger partial charge < -0.3 is 5.32 Å². The fourth-order valence-corrected chi connectivity index (χ4v) is 0.876. The van der Waals surface area contributed by atoms with Crippen molar-refractivity contribution in [2.75, 3.05) is 0 Å². The van der Waals surface area contributed by atoms with Crippen LogP contribution in [0.15, 0.2) is 25.3 Å². The number of nitrogens with one attached hydrogen (secondary N) is 1. The molecule has 0 bridgehead atoms. The molecule has 1 amide bonds. The number of rotatable bonds is 2. The zero-order valence-electron chi connectivity index (χ0n) is 5.13. The Morgan fingerprint density at radius 2 is 2.11 bits per heavy atom. The summed E-state index contributed by atoms with van der Waals surface area (Å²) in [5.74, 6) is 0.0115. The van der Waals surface area contributed by atoms with Crippen LogP contribution in [-0.2, 0) is 4.79 Å². The quantitative estimate of drug-likeness (QED) is 0.420. The second-order valence-electron chi connectivity index (χ2n) is 2.03. The molecule has 0 radical (unpaired) electrons. The minimum absolute atomic E-state index is 0.0394. The maximum atomic E-state index is 10.6. The highest BCUT2D eigenvalue weighted by Gasteiger charge is 2.33. The van der Waals surface area contributed by atoms with Gasteiger partial charge in [0.15, 0.2) is 0 Å². The molecule has 0 unspecified atom stereocenters. The first-order valence-corrected chi connectivity index (χ1v) is 2.85. The van der Waals surface area contributed by atoms with Crippen LogP contribution in [0.3, 0.4) is 0 Å². The maximum absolute atomic E-state index is 10.6. The molecule has 1 saturated heterocycles. The van der Waals surface area contributed by atoms with Gasteiger partial charge >= 0.3 is 0 Å². The Bertz CT molecular complexity index is 162. The van der Waals surface area contributed by atoms with Crippen LogP contribution in [0, 0.1) is 5.92 Å². The SMILES string of the molecule is C=C[C@@H]1NC(=O)[C@H]1C=C. The topological polar surface area (TPSA) is 29.1 Å². The summed E-state index contributed by atoms with van der Waals surface area (Å²) in [6.45, 7) is 7.08. The number of carbonyl (C=O) groups is 1. The van der Waals surface area contributed by atoms with E-state index in [0.717, 1.165) is 0 Å². The molecule has 2 heteroatoms. The molecule has 1 aliphatic heterocycles. The van der Waals surface area contributed by atoms with E-state index in [4.69, 9.17) is 0 Å². The van der Waals surface area contributed by atoms with Crippen LogP contribution in [-0.4, -0.2) is 11.9 Å². The largest absolute Gasteiger partial charge is 0.348 e. The van der Waals surface area contributed by atoms with E-state index in [1.807, 2.05) is 0 Å². The van der Waals surface area contributed by atoms with E-state index in [1.165, 1.54) is 0 Å². The molecule has 2 nitrogen and oxygen atoms in total. The molecule has 0 saturated carbocycles. The number of β-lactam (4-membered cyclic amide) rings is 1. The van der Waals surface area contributed by atoms with Crippen molar-refractivity contribution in [3.8, 4) is 0 Å². The Morgan fingerprint density at radius 1 is 1.44 bits per heavy atom. The third kappa shape index (κ3) is 0.762. The molecule has 1 rings (SSSR count). The van der Waals surface area contributed by atoms with Gasteiger partial charge in [-0.1, -0.05) is 12.2 Å². The predicted molar refractivity (Wildman–Crippen MR) is 35.8 cm³/mol. The van der Waals surface area contributed by atoms with Gasteiger partial charge in [0.2, 0.25) is 5.91 Å². The van der Waals surface area contributed by atoms with Gasteiger partial charge in [0.1, 0.15) is 0 Å². The lowest BCUT2D eigenvalue weighted by Crippen LogP contribution is -2.55. The Morgan fingerprint density at radius 3 is 2.33 bits per heavy atom. The van der Waals surface area contributed by atoms with Crippen LogP contribution < -0.4 is 5.32 Å². The van der Waals surface area contributed by atoms with Crippen molar-refractivity contribution in [2.24, 2.45) is 5.92 Å². The van der Waals surface area contributed by atoms with Gasteiger partial charge in [0.05, 0.1) is 12.0 Å². The third-order valence-corrected chi connectivity index (χ3v) is 1.51. The Labute approximate surface area is 54.3 Å². The first-order chi connectivity index (χ1) is 4.29. The smallest absolute Gasteiger partial charge is 0.229 e. The van der Waals surface area contributed by atoms with Crippen molar-refractivity contribution in [3.63, 3.8) is 0 Å². The summed E-state index contributed by atoms with van der Waals surface area (Å²) in [5.41, 5.74) is 0. The normalized spacial score (nSPS) is 32.2. The van der Waals surface area contributed by atoms with E-state index >= 15 is 0 Å². The van der Waals surface area contributed by atoms with Crippen molar-refractivity contribution in [2.45, 2.75) is 6.04 Å². The van der Waals surface area contributed by atoms with Crippen LogP contribution in [0.5, 0.6) is 0 Å². The second-order valence-corrected chi connectivity index (χ2v) is 2.03. The van der Waals surface area contributed by atoms with Crippen molar-refractivity contribution >= 4 is 5.91 Å². The lowest BCUT2D eigenvalue weighted by atomic mass is 9.91. The monoisotopic (exact) mass is 123 g/mol. The predicted octanol–water partition coefficient (Wildman–Crippen LogP) is 0.473. The minimum Gasteiger partial charge on any atom is -0.348 e. The lowest BCUT2D eigenvalue weighted by Gasteiger charge is -2.31. The van der Waals surface area contributed by atoms with Crippen LogP contribution in [0.1, 0.15) is 0 Å². The van der Waals surface area contributed by atoms with Crippen LogP contribution in [0.4, 0.5) is 0 Å². The Balaban J connectivity index is 2.56. The van der Waals surface area contributed by atoms with E-state index in [0.29, 0.717) is 0 Å². The van der Waals surface area contributed by atoms with Gasteiger partial charge in [-0.2, -0.15) is 0 Å². The average Bonchev–Trinajstić information content (AvgIpc) is 1.83. The van der Waals surface area contributed by atoms with Gasteiger partial charge in [-0.15, -0.1) is 13.2 Å². The van der Waals surface area contributed by atoms with E-state index in [1.54, 1.807) is 12.2 Å². The number of hydrogen-bond acceptors (Lipinski definition) is 1. The van der Waals surface area contributed by atoms with E-state index in [9.17, 15) is 4.79 Å². The first-order valence-electron chi connectivity index (χ1n) is 2.85. The highest BCUT2D eigenvalue weighted by atomic mass is 16.2. The van der Waals surface area contributed by atoms with Crippen LogP contribution >= 0.6 is 0 Å². The van der Waals surface area contributed by atoms with Gasteiger partial charge in [-0.05, 0) is 0 Å². The van der Waals surface area contributed by atoms with Crippen molar-refractivity contribution in [1.82, 2.24) is 5.32 Å². The third-order valence-electron chi connectivity index (χ3n) is 1.51. The van der Waals surface area contributed by atoms with Crippen molar-refractivity contribution in [3.05, 3.63) is 25.3 Å². The standard InChI is InChI=1S/C7H9NO/c1-3-5-6(4-2)8-7(5)9/h3-6H,1-2H2,(H,8,9)/t5-,6-/m0/s1. The molecule has 0 aromatic carbocycles. The molecule has 0 aromatic rings. The summed E-state index contributed by atoms with van der Waals surface area (Å²) in [6, 6.07) is 0.120. The Kier molecular flexibility index (Phi) is 1.39. The molecule has 9 heavy (non-hydrogen) atoms. The molecule has 1 fully saturated rings. The van der Waals surface area contributed by atoms with E-state index in [2.05, 4.69) is 18.5 Å². The molecular formula is C7H9NO. The number of carbonyl (C=O) groups excluding carboxylic acids is 1. The zero-order chi connectivity index (χ0) is 6.85. The number of amides is 1. The summed E-state index contributed by atoms with van der Waals surface area (Å²) in [6.07, 6.45) is 3.36. The number of hydrogen-bond donors (Lipinski definition) is 1. The molecule has 1 N–H and O–H groups in total. The van der Waals surface area contributed by atoms with Gasteiger partial charge in [0.25, 0.3) is 0 Å². The van der Waals surface area contributed by atoms with Crippen molar-refractivity contribution < 1.29 is 4.79 Å². The fraction of sp³-hybridized carbons (Fsp3) is 0.286. The van der Waals surface area contributed by atoms with Crippen LogP contribution in [0.2, 0.25) is 0 Å². The lowest BCUT2D eigenvalue weighted by molar-refractivity contribution is -0.131. The molecule has 0 aromatic heterocycles. The summed E-state index contributed by atoms with van der Waals surface area (Å²) < 4.78 is 0. The molecule has 1 aliphatic rings. The molecular weight excluding hydrogens is 114 g/mol. The van der Waals surface area contributed by atoms with Gasteiger partial charge in [0, 0.05) is 0 Å². The summed E-state index contributed by atoms with van der Waals surface area (Å²) >= 11 is 0. The summed E-state index contributed by atoms with van der Waals surface area (Å²) in [7, 11) is 0. The summed E-state index contributed by atoms with van der Waals surface area (Å²) in [5, 5.41) is 2.67. The van der Waals surface area contributed by atoms with E-state index < -0.39 is 0 Å². The van der Waals surface area contributed by atoms with E-state index in [-0.39, 0.29) is 17.9 Å². The fourth-order valence-electron chi connectivity index (χ4n) is 0.876. The van der Waals surface area contributed by atoms with Gasteiger partial charge in [-0.3, -0.25) is 4.79 Å². The van der Waals surface area contributed by atoms with Crippen LogP contribution in [0.25, 0.3) is 0 Å². The maximum Gasteiger partial charge on any atom is 0.229 e.